The monoisotopic (exact) mass is 369 g/mol. The molecule has 0 saturated carbocycles. The topological polar surface area (TPSA) is 21.3 Å². The van der Waals surface area contributed by atoms with Gasteiger partial charge in [0, 0.05) is 11.6 Å². The minimum Gasteiger partial charge on any atom is -0.493 e. The van der Waals surface area contributed by atoms with E-state index in [-0.39, 0.29) is 0 Å². The molecule has 3 aromatic carbocycles. The predicted molar refractivity (Wildman–Crippen MR) is 117 cm³/mol. The van der Waals surface area contributed by atoms with E-state index in [4.69, 9.17) is 4.74 Å². The highest BCUT2D eigenvalue weighted by atomic mass is 16.5. The summed E-state index contributed by atoms with van der Waals surface area (Å²) in [5, 5.41) is 6.46. The smallest absolute Gasteiger partial charge is 0.119 e. The van der Waals surface area contributed by atoms with Crippen LogP contribution < -0.4 is 10.1 Å². The molecule has 0 radical (unpaired) electrons. The van der Waals surface area contributed by atoms with Gasteiger partial charge in [0.15, 0.2) is 0 Å². The molecule has 1 aliphatic heterocycles. The summed E-state index contributed by atoms with van der Waals surface area (Å²) >= 11 is 0. The molecule has 5 rings (SSSR count). The summed E-state index contributed by atoms with van der Waals surface area (Å²) in [6.45, 7) is 5.13. The van der Waals surface area contributed by atoms with Crippen LogP contribution >= 0.6 is 0 Å². The molecule has 142 valence electrons. The Hall–Kier alpha value is -2.74. The second-order valence-corrected chi connectivity index (χ2v) is 8.54. The molecule has 3 unspecified atom stereocenters. The van der Waals surface area contributed by atoms with Gasteiger partial charge in [-0.15, -0.1) is 0 Å². The molecule has 2 heteroatoms. The van der Waals surface area contributed by atoms with E-state index in [2.05, 4.69) is 92.0 Å². The molecule has 2 nitrogen and oxygen atoms in total. The van der Waals surface area contributed by atoms with Crippen molar-refractivity contribution < 1.29 is 4.74 Å². The van der Waals surface area contributed by atoms with E-state index in [0.29, 0.717) is 23.8 Å². The average Bonchev–Trinajstić information content (AvgIpc) is 3.21. The van der Waals surface area contributed by atoms with E-state index in [9.17, 15) is 0 Å². The van der Waals surface area contributed by atoms with Crippen molar-refractivity contribution in [1.29, 1.82) is 0 Å². The lowest BCUT2D eigenvalue weighted by molar-refractivity contribution is 0.270. The van der Waals surface area contributed by atoms with Crippen molar-refractivity contribution in [3.05, 3.63) is 83.9 Å². The molecule has 1 heterocycles. The second kappa shape index (κ2) is 7.01. The summed E-state index contributed by atoms with van der Waals surface area (Å²) in [7, 11) is 0. The van der Waals surface area contributed by atoms with Crippen LogP contribution in [0, 0.1) is 11.8 Å². The molecule has 0 aromatic heterocycles. The molecule has 28 heavy (non-hydrogen) atoms. The Balaban J connectivity index is 1.49. The molecule has 2 aliphatic rings. The Morgan fingerprint density at radius 1 is 1.00 bits per heavy atom. The van der Waals surface area contributed by atoms with Crippen molar-refractivity contribution in [2.24, 2.45) is 11.8 Å². The van der Waals surface area contributed by atoms with Crippen LogP contribution in [0.25, 0.3) is 10.8 Å². The first kappa shape index (κ1) is 17.4. The van der Waals surface area contributed by atoms with Crippen LogP contribution in [0.5, 0.6) is 5.75 Å². The summed E-state index contributed by atoms with van der Waals surface area (Å²) < 4.78 is 5.99. The van der Waals surface area contributed by atoms with Gasteiger partial charge in [-0.3, -0.25) is 0 Å². The van der Waals surface area contributed by atoms with Gasteiger partial charge in [-0.25, -0.2) is 0 Å². The van der Waals surface area contributed by atoms with Crippen molar-refractivity contribution in [2.45, 2.75) is 32.2 Å². The summed E-state index contributed by atoms with van der Waals surface area (Å²) in [6.07, 6.45) is 5.86. The number of hydrogen-bond acceptors (Lipinski definition) is 2. The Labute approximate surface area is 167 Å². The molecule has 3 aromatic rings. The number of fused-ring (bicyclic) bond motifs is 4. The van der Waals surface area contributed by atoms with Crippen LogP contribution in [-0.2, 0) is 0 Å². The Morgan fingerprint density at radius 3 is 2.71 bits per heavy atom. The number of ether oxygens (including phenoxy) is 1. The molecule has 0 bridgehead atoms. The average molecular weight is 370 g/mol. The van der Waals surface area contributed by atoms with E-state index in [1.807, 2.05) is 0 Å². The number of rotatable bonds is 4. The molecular weight excluding hydrogens is 342 g/mol. The highest BCUT2D eigenvalue weighted by Crippen LogP contribution is 2.50. The van der Waals surface area contributed by atoms with Gasteiger partial charge in [-0.2, -0.15) is 0 Å². The molecule has 0 fully saturated rings. The lowest BCUT2D eigenvalue weighted by Crippen LogP contribution is -2.29. The van der Waals surface area contributed by atoms with Gasteiger partial charge in [-0.1, -0.05) is 62.4 Å². The Morgan fingerprint density at radius 2 is 1.86 bits per heavy atom. The maximum absolute atomic E-state index is 5.99. The highest BCUT2D eigenvalue weighted by molar-refractivity contribution is 5.83. The third-order valence-electron chi connectivity index (χ3n) is 6.05. The van der Waals surface area contributed by atoms with Gasteiger partial charge in [-0.05, 0) is 64.4 Å². The first-order valence-corrected chi connectivity index (χ1v) is 10.4. The van der Waals surface area contributed by atoms with Crippen molar-refractivity contribution in [3.8, 4) is 5.75 Å². The van der Waals surface area contributed by atoms with Gasteiger partial charge < -0.3 is 10.1 Å². The molecule has 0 saturated heterocycles. The van der Waals surface area contributed by atoms with Crippen LogP contribution in [0.4, 0.5) is 5.69 Å². The zero-order chi connectivity index (χ0) is 19.1. The molecule has 1 N–H and O–H groups in total. The fourth-order valence-corrected chi connectivity index (χ4v) is 4.66. The summed E-state index contributed by atoms with van der Waals surface area (Å²) in [6, 6.07) is 22.4. The van der Waals surface area contributed by atoms with E-state index in [0.717, 1.165) is 18.8 Å². The maximum atomic E-state index is 5.99. The van der Waals surface area contributed by atoms with Crippen molar-refractivity contribution in [2.75, 3.05) is 11.9 Å². The number of anilines is 1. The number of hydrogen-bond donors (Lipinski definition) is 1. The van der Waals surface area contributed by atoms with Gasteiger partial charge >= 0.3 is 0 Å². The van der Waals surface area contributed by atoms with E-state index >= 15 is 0 Å². The quantitative estimate of drug-likeness (QED) is 0.517. The van der Waals surface area contributed by atoms with Crippen molar-refractivity contribution in [3.63, 3.8) is 0 Å². The van der Waals surface area contributed by atoms with Crippen LogP contribution in [-0.4, -0.2) is 6.61 Å². The first-order valence-electron chi connectivity index (χ1n) is 10.4. The fraction of sp³-hybridized carbons (Fsp3) is 0.308. The minimum absolute atomic E-state index is 0.333. The summed E-state index contributed by atoms with van der Waals surface area (Å²) in [5.74, 6) is 2.52. The van der Waals surface area contributed by atoms with E-state index < -0.39 is 0 Å². The summed E-state index contributed by atoms with van der Waals surface area (Å²) in [5.41, 5.74) is 3.99. The minimum atomic E-state index is 0.333. The Bertz CT molecular complexity index is 1040. The zero-order valence-corrected chi connectivity index (χ0v) is 16.6. The molecule has 0 amide bonds. The maximum Gasteiger partial charge on any atom is 0.119 e. The van der Waals surface area contributed by atoms with Crippen LogP contribution in [0.1, 0.15) is 43.4 Å². The number of nitrogens with one attached hydrogen (secondary N) is 1. The molecule has 1 aliphatic carbocycles. The van der Waals surface area contributed by atoms with Crippen LogP contribution in [0.3, 0.4) is 0 Å². The molecule has 3 atom stereocenters. The second-order valence-electron chi connectivity index (χ2n) is 8.54. The SMILES string of the molecule is CC(C)COc1ccc2c(c1)C1C=CCC1C(c1ccc3ccccc3c1)N2. The largest absolute Gasteiger partial charge is 0.493 e. The van der Waals surface area contributed by atoms with Gasteiger partial charge in [0.1, 0.15) is 5.75 Å². The molecular formula is C26H27NO. The number of allylic oxidation sites excluding steroid dienone is 2. The highest BCUT2D eigenvalue weighted by Gasteiger charge is 2.38. The number of benzene rings is 3. The lowest BCUT2D eigenvalue weighted by atomic mass is 9.77. The zero-order valence-electron chi connectivity index (χ0n) is 16.6. The summed E-state index contributed by atoms with van der Waals surface area (Å²) in [4.78, 5) is 0. The molecule has 0 spiro atoms. The van der Waals surface area contributed by atoms with Gasteiger partial charge in [0.25, 0.3) is 0 Å². The van der Waals surface area contributed by atoms with Crippen LogP contribution in [0.15, 0.2) is 72.8 Å². The van der Waals surface area contributed by atoms with Gasteiger partial charge in [0.2, 0.25) is 0 Å². The third-order valence-corrected chi connectivity index (χ3v) is 6.05. The first-order chi connectivity index (χ1) is 13.7. The fourth-order valence-electron chi connectivity index (χ4n) is 4.66. The van der Waals surface area contributed by atoms with Crippen molar-refractivity contribution >= 4 is 16.5 Å². The normalized spacial score (nSPS) is 22.8. The standard InChI is InChI=1S/C26H27NO/c1-17(2)16-28-21-12-13-25-24(15-21)22-8-5-9-23(22)26(27-25)20-11-10-18-6-3-4-7-19(18)14-20/h3-8,10-15,17,22-23,26-27H,9,16H2,1-2H3. The van der Waals surface area contributed by atoms with Gasteiger partial charge in [0.05, 0.1) is 12.6 Å². The van der Waals surface area contributed by atoms with E-state index in [1.54, 1.807) is 0 Å². The Kier molecular flexibility index (Phi) is 4.35. The third kappa shape index (κ3) is 3.07. The van der Waals surface area contributed by atoms with E-state index in [1.165, 1.54) is 27.6 Å². The predicted octanol–water partition coefficient (Wildman–Crippen LogP) is 6.70. The van der Waals surface area contributed by atoms with Crippen molar-refractivity contribution in [1.82, 2.24) is 0 Å². The van der Waals surface area contributed by atoms with Crippen LogP contribution in [0.2, 0.25) is 0 Å². The lowest BCUT2D eigenvalue weighted by Gasteiger charge is -2.37.